The Labute approximate surface area is 141 Å². The first-order valence-corrected chi connectivity index (χ1v) is 7.72. The lowest BCUT2D eigenvalue weighted by Crippen LogP contribution is -2.52. The Morgan fingerprint density at radius 1 is 1.36 bits per heavy atom. The third kappa shape index (κ3) is 2.56. The highest BCUT2D eigenvalue weighted by Crippen LogP contribution is 2.23. The minimum absolute atomic E-state index is 0.178. The van der Waals surface area contributed by atoms with Gasteiger partial charge in [0.1, 0.15) is 23.7 Å². The minimum Gasteiger partial charge on any atom is -0.754 e. The maximum absolute atomic E-state index is 12.5. The zero-order valence-corrected chi connectivity index (χ0v) is 13.0. The molecular weight excluding hydrogens is 330 g/mol. The van der Waals surface area contributed by atoms with Gasteiger partial charge in [-0.15, -0.1) is 0 Å². The SMILES string of the molecule is [O-]N1C=c2cccc[n+]2=C2NC=NC(N[C@@H]3O[C@H](CO)[C@@H](O)[C@H]3O)=C21. The number of hydrogen-bond acceptors (Lipinski definition) is 9. The van der Waals surface area contributed by atoms with Crippen LogP contribution in [0.15, 0.2) is 40.9 Å². The minimum atomic E-state index is -1.27. The van der Waals surface area contributed by atoms with Crippen LogP contribution in [0.4, 0.5) is 0 Å². The van der Waals surface area contributed by atoms with Gasteiger partial charge in [0, 0.05) is 6.20 Å². The number of fused-ring (bicyclic) bond motifs is 2. The van der Waals surface area contributed by atoms with E-state index in [4.69, 9.17) is 4.74 Å². The smallest absolute Gasteiger partial charge is 0.312 e. The molecule has 1 aromatic heterocycles. The van der Waals surface area contributed by atoms with Crippen LogP contribution < -0.4 is 20.2 Å². The number of aliphatic hydroxyl groups is 3. The van der Waals surface area contributed by atoms with Crippen LogP contribution in [0.2, 0.25) is 0 Å². The van der Waals surface area contributed by atoms with Gasteiger partial charge in [0.05, 0.1) is 12.8 Å². The molecule has 0 saturated carbocycles. The van der Waals surface area contributed by atoms with E-state index in [9.17, 15) is 20.5 Å². The summed E-state index contributed by atoms with van der Waals surface area (Å²) in [6.07, 6.45) is 0.172. The average Bonchev–Trinajstić information content (AvgIpc) is 2.90. The molecule has 4 atom stereocenters. The van der Waals surface area contributed by atoms with Gasteiger partial charge in [0.25, 0.3) is 0 Å². The quantitative estimate of drug-likeness (QED) is 0.358. The van der Waals surface area contributed by atoms with Crippen molar-refractivity contribution >= 4 is 12.5 Å². The molecule has 10 nitrogen and oxygen atoms in total. The molecule has 132 valence electrons. The predicted molar refractivity (Wildman–Crippen MR) is 84.1 cm³/mol. The van der Waals surface area contributed by atoms with Crippen LogP contribution in [0.3, 0.4) is 0 Å². The number of pyridine rings is 1. The lowest BCUT2D eigenvalue weighted by Gasteiger charge is -2.32. The van der Waals surface area contributed by atoms with Crippen molar-refractivity contribution in [3.8, 4) is 0 Å². The standard InChI is InChI=1S/C15H16N5O5/c21-6-9-11(22)12(23)15(25-9)18-13-10-14(17-7-16-13)19-4-2-1-3-8(19)5-20(10)24/h1-5,7,9,11-12,15,21-23H,6H2,(H,16,17,18)/q-1/p+1/t9-,11-,12-,15-/m1/s1. The van der Waals surface area contributed by atoms with Crippen molar-refractivity contribution in [2.75, 3.05) is 6.61 Å². The number of rotatable bonds is 3. The van der Waals surface area contributed by atoms with Gasteiger partial charge in [0.2, 0.25) is 0 Å². The van der Waals surface area contributed by atoms with Gasteiger partial charge < -0.3 is 35.6 Å². The third-order valence-electron chi connectivity index (χ3n) is 4.27. The first kappa shape index (κ1) is 16.0. The van der Waals surface area contributed by atoms with E-state index in [2.05, 4.69) is 15.6 Å². The molecule has 3 aliphatic rings. The fourth-order valence-corrected chi connectivity index (χ4v) is 3.00. The molecule has 0 aromatic carbocycles. The van der Waals surface area contributed by atoms with Crippen LogP contribution in [0.5, 0.6) is 0 Å². The number of aromatic nitrogens is 1. The summed E-state index contributed by atoms with van der Waals surface area (Å²) in [6.45, 7) is -0.435. The Bertz CT molecular complexity index is 869. The normalized spacial score (nSPS) is 30.6. The fraction of sp³-hybridized carbons (Fsp3) is 0.333. The molecule has 4 heterocycles. The molecule has 25 heavy (non-hydrogen) atoms. The lowest BCUT2D eigenvalue weighted by atomic mass is 10.1. The Morgan fingerprint density at radius 3 is 2.96 bits per heavy atom. The fourth-order valence-electron chi connectivity index (χ4n) is 3.00. The van der Waals surface area contributed by atoms with Gasteiger partial charge in [-0.3, -0.25) is 0 Å². The van der Waals surface area contributed by atoms with Crippen molar-refractivity contribution in [2.24, 2.45) is 4.99 Å². The van der Waals surface area contributed by atoms with Crippen molar-refractivity contribution in [3.63, 3.8) is 0 Å². The van der Waals surface area contributed by atoms with E-state index in [-0.39, 0.29) is 11.5 Å². The van der Waals surface area contributed by atoms with Crippen LogP contribution in [-0.2, 0) is 4.74 Å². The van der Waals surface area contributed by atoms with Gasteiger partial charge in [0.15, 0.2) is 24.1 Å². The highest BCUT2D eigenvalue weighted by molar-refractivity contribution is 5.62. The number of aliphatic imine (C=N–C) groups is 1. The Balaban J connectivity index is 1.73. The molecule has 0 unspecified atom stereocenters. The van der Waals surface area contributed by atoms with E-state index in [1.165, 1.54) is 12.5 Å². The molecular formula is C15H17N5O5. The summed E-state index contributed by atoms with van der Waals surface area (Å²) in [4.78, 5) is 4.11. The van der Waals surface area contributed by atoms with Crippen molar-refractivity contribution in [2.45, 2.75) is 24.5 Å². The maximum atomic E-state index is 12.5. The van der Waals surface area contributed by atoms with Crippen molar-refractivity contribution < 1.29 is 24.3 Å². The van der Waals surface area contributed by atoms with Crippen LogP contribution in [-0.4, -0.2) is 57.9 Å². The second-order valence-corrected chi connectivity index (χ2v) is 5.80. The summed E-state index contributed by atoms with van der Waals surface area (Å²) in [5.41, 5.74) is 0.212. The molecule has 0 spiro atoms. The van der Waals surface area contributed by atoms with E-state index in [0.29, 0.717) is 16.2 Å². The number of nitrogens with one attached hydrogen (secondary N) is 2. The summed E-state index contributed by atoms with van der Waals surface area (Å²) in [6, 6.07) is 5.44. The molecule has 3 aliphatic heterocycles. The lowest BCUT2D eigenvalue weighted by molar-refractivity contribution is -0.541. The van der Waals surface area contributed by atoms with Crippen molar-refractivity contribution in [3.05, 3.63) is 52.3 Å². The molecule has 1 fully saturated rings. The summed E-state index contributed by atoms with van der Waals surface area (Å²) in [7, 11) is 0. The van der Waals surface area contributed by atoms with Gasteiger partial charge in [-0.1, -0.05) is 6.07 Å². The largest absolute Gasteiger partial charge is 0.754 e. The summed E-state index contributed by atoms with van der Waals surface area (Å²) in [5.74, 6) is 0.675. The van der Waals surface area contributed by atoms with Crippen molar-refractivity contribution in [1.29, 1.82) is 0 Å². The van der Waals surface area contributed by atoms with Gasteiger partial charge in [-0.2, -0.15) is 9.24 Å². The molecule has 1 saturated heterocycles. The molecule has 0 radical (unpaired) electrons. The molecule has 5 N–H and O–H groups in total. The Hall–Kier alpha value is -2.50. The molecule has 0 aliphatic carbocycles. The molecule has 0 amide bonds. The number of hydroxylamine groups is 2. The highest BCUT2D eigenvalue weighted by Gasteiger charge is 2.43. The zero-order chi connectivity index (χ0) is 17.6. The Kier molecular flexibility index (Phi) is 3.90. The Morgan fingerprint density at radius 2 is 2.20 bits per heavy atom. The van der Waals surface area contributed by atoms with Crippen LogP contribution >= 0.6 is 0 Å². The predicted octanol–water partition coefficient (Wildman–Crippen LogP) is -3.31. The number of aliphatic hydroxyl groups excluding tert-OH is 3. The number of hydrogen-bond donors (Lipinski definition) is 5. The average molecular weight is 347 g/mol. The van der Waals surface area contributed by atoms with Crippen molar-refractivity contribution in [1.82, 2.24) is 15.7 Å². The highest BCUT2D eigenvalue weighted by atomic mass is 16.6. The molecule has 10 heteroatoms. The van der Waals surface area contributed by atoms with E-state index in [1.54, 1.807) is 16.5 Å². The molecule has 1 aromatic rings. The zero-order valence-electron chi connectivity index (χ0n) is 13.0. The van der Waals surface area contributed by atoms with Crippen LogP contribution in [0, 0.1) is 11.0 Å². The molecule has 0 bridgehead atoms. The van der Waals surface area contributed by atoms with Crippen LogP contribution in [0.1, 0.15) is 0 Å². The van der Waals surface area contributed by atoms with E-state index in [1.807, 2.05) is 12.1 Å². The number of nitrogens with zero attached hydrogens (tertiary/aromatic N) is 3. The van der Waals surface area contributed by atoms with Gasteiger partial charge in [-0.25, -0.2) is 5.32 Å². The topological polar surface area (TPSA) is 139 Å². The number of ether oxygens (including phenoxy) is 1. The summed E-state index contributed by atoms with van der Waals surface area (Å²) < 4.78 is 7.17. The second kappa shape index (κ2) is 6.10. The summed E-state index contributed by atoms with van der Waals surface area (Å²) >= 11 is 0. The van der Waals surface area contributed by atoms with Crippen LogP contribution in [0.25, 0.3) is 6.20 Å². The van der Waals surface area contributed by atoms with Gasteiger partial charge in [-0.05, 0) is 12.1 Å². The van der Waals surface area contributed by atoms with E-state index >= 15 is 0 Å². The first-order valence-electron chi connectivity index (χ1n) is 7.72. The molecule has 4 rings (SSSR count). The third-order valence-corrected chi connectivity index (χ3v) is 4.27. The second-order valence-electron chi connectivity index (χ2n) is 5.80. The van der Waals surface area contributed by atoms with E-state index in [0.717, 1.165) is 0 Å². The monoisotopic (exact) mass is 347 g/mol. The first-order chi connectivity index (χ1) is 12.1. The van der Waals surface area contributed by atoms with E-state index < -0.39 is 31.1 Å². The maximum Gasteiger partial charge on any atom is 0.312 e. The van der Waals surface area contributed by atoms with Gasteiger partial charge >= 0.3 is 5.84 Å². The summed E-state index contributed by atoms with van der Waals surface area (Å²) in [5, 5.41) is 48.7.